The molecule has 14 heavy (non-hydrogen) atoms. The van der Waals surface area contributed by atoms with Gasteiger partial charge in [0, 0.05) is 10.5 Å². The molecule has 1 aromatic rings. The first kappa shape index (κ1) is 11.7. The van der Waals surface area contributed by atoms with Crippen molar-refractivity contribution in [3.63, 3.8) is 0 Å². The quantitative estimate of drug-likeness (QED) is 0.920. The van der Waals surface area contributed by atoms with E-state index in [1.807, 2.05) is 0 Å². The van der Waals surface area contributed by atoms with Crippen LogP contribution < -0.4 is 4.72 Å². The van der Waals surface area contributed by atoms with Gasteiger partial charge < -0.3 is 0 Å². The molecule has 0 aliphatic rings. The lowest BCUT2D eigenvalue weighted by Crippen LogP contribution is -2.30. The number of benzene rings is 1. The van der Waals surface area contributed by atoms with Crippen LogP contribution in [0.4, 0.5) is 0 Å². The van der Waals surface area contributed by atoms with E-state index in [-0.39, 0.29) is 10.9 Å². The van der Waals surface area contributed by atoms with Crippen molar-refractivity contribution >= 4 is 26.0 Å². The Balaban J connectivity index is 3.05. The molecule has 0 bridgehead atoms. The number of rotatable bonds is 3. The number of halogens is 1. The molecule has 78 valence electrons. The third-order valence-electron chi connectivity index (χ3n) is 1.50. The lowest BCUT2D eigenvalue weighted by atomic mass is 10.4. The molecule has 5 heteroatoms. The van der Waals surface area contributed by atoms with Gasteiger partial charge in [0.05, 0.1) is 4.90 Å². The van der Waals surface area contributed by atoms with Gasteiger partial charge >= 0.3 is 0 Å². The largest absolute Gasteiger partial charge is 0.240 e. The van der Waals surface area contributed by atoms with Gasteiger partial charge in [0.1, 0.15) is 0 Å². The van der Waals surface area contributed by atoms with Gasteiger partial charge in [-0.25, -0.2) is 13.1 Å². The topological polar surface area (TPSA) is 46.2 Å². The summed E-state index contributed by atoms with van der Waals surface area (Å²) in [6.45, 7) is 3.57. The number of hydrogen-bond acceptors (Lipinski definition) is 2. The second-order valence-corrected chi connectivity index (χ2v) is 5.86. The minimum Gasteiger partial charge on any atom is -0.209 e. The van der Waals surface area contributed by atoms with Gasteiger partial charge in [-0.1, -0.05) is 22.0 Å². The fourth-order valence-electron chi connectivity index (χ4n) is 1.01. The van der Waals surface area contributed by atoms with Crippen molar-refractivity contribution in [1.82, 2.24) is 4.72 Å². The van der Waals surface area contributed by atoms with E-state index >= 15 is 0 Å². The maximum Gasteiger partial charge on any atom is 0.240 e. The Hall–Kier alpha value is -0.390. The summed E-state index contributed by atoms with van der Waals surface area (Å²) in [5, 5.41) is 0. The molecular weight excluding hydrogens is 266 g/mol. The molecule has 0 aliphatic heterocycles. The number of sulfonamides is 1. The van der Waals surface area contributed by atoms with Crippen LogP contribution in [0.3, 0.4) is 0 Å². The van der Waals surface area contributed by atoms with Crippen LogP contribution in [0.25, 0.3) is 0 Å². The molecule has 0 aliphatic carbocycles. The molecule has 0 aromatic heterocycles. The SMILES string of the molecule is CC(C)NS(=O)(=O)c1cccc(Br)c1. The Morgan fingerprint density at radius 2 is 2.00 bits per heavy atom. The lowest BCUT2D eigenvalue weighted by molar-refractivity contribution is 0.570. The molecule has 0 radical (unpaired) electrons. The summed E-state index contributed by atoms with van der Waals surface area (Å²) in [4.78, 5) is 0.278. The zero-order valence-electron chi connectivity index (χ0n) is 7.99. The Morgan fingerprint density at radius 1 is 1.36 bits per heavy atom. The molecule has 0 unspecified atom stereocenters. The third-order valence-corrected chi connectivity index (χ3v) is 3.65. The molecule has 0 spiro atoms. The molecule has 0 saturated carbocycles. The van der Waals surface area contributed by atoms with E-state index in [1.54, 1.807) is 38.1 Å². The van der Waals surface area contributed by atoms with Crippen LogP contribution in [0, 0.1) is 0 Å². The predicted octanol–water partition coefficient (Wildman–Crippen LogP) is 2.14. The second kappa shape index (κ2) is 4.42. The van der Waals surface area contributed by atoms with Crippen molar-refractivity contribution in [2.75, 3.05) is 0 Å². The maximum atomic E-state index is 11.7. The molecule has 0 saturated heterocycles. The first-order valence-corrected chi connectivity index (χ1v) is 6.47. The van der Waals surface area contributed by atoms with Crippen LogP contribution in [0.1, 0.15) is 13.8 Å². The van der Waals surface area contributed by atoms with Gasteiger partial charge in [-0.15, -0.1) is 0 Å². The van der Waals surface area contributed by atoms with E-state index in [1.165, 1.54) is 0 Å². The smallest absolute Gasteiger partial charge is 0.209 e. The Morgan fingerprint density at radius 3 is 2.50 bits per heavy atom. The van der Waals surface area contributed by atoms with Crippen molar-refractivity contribution in [2.24, 2.45) is 0 Å². The van der Waals surface area contributed by atoms with Crippen LogP contribution in [0.5, 0.6) is 0 Å². The van der Waals surface area contributed by atoms with E-state index in [9.17, 15) is 8.42 Å². The zero-order chi connectivity index (χ0) is 10.8. The van der Waals surface area contributed by atoms with Gasteiger partial charge in [-0.2, -0.15) is 0 Å². The van der Waals surface area contributed by atoms with Gasteiger partial charge in [0.2, 0.25) is 10.0 Å². The van der Waals surface area contributed by atoms with Gasteiger partial charge in [-0.3, -0.25) is 0 Å². The predicted molar refractivity (Wildman–Crippen MR) is 59.6 cm³/mol. The fraction of sp³-hybridized carbons (Fsp3) is 0.333. The van der Waals surface area contributed by atoms with Crippen molar-refractivity contribution in [3.05, 3.63) is 28.7 Å². The Kier molecular flexibility index (Phi) is 3.69. The van der Waals surface area contributed by atoms with Gasteiger partial charge in [0.25, 0.3) is 0 Å². The Bertz CT molecular complexity index is 415. The Labute approximate surface area is 92.7 Å². The molecule has 3 nitrogen and oxygen atoms in total. The molecule has 0 amide bonds. The second-order valence-electron chi connectivity index (χ2n) is 3.23. The van der Waals surface area contributed by atoms with Gasteiger partial charge in [-0.05, 0) is 32.0 Å². The minimum absolute atomic E-state index is 0.0982. The summed E-state index contributed by atoms with van der Waals surface area (Å²) in [5.74, 6) is 0. The fourth-order valence-corrected chi connectivity index (χ4v) is 2.86. The number of nitrogens with one attached hydrogen (secondary N) is 1. The van der Waals surface area contributed by atoms with Crippen LogP contribution in [-0.4, -0.2) is 14.5 Å². The summed E-state index contributed by atoms with van der Waals surface area (Å²) < 4.78 is 26.6. The highest BCUT2D eigenvalue weighted by atomic mass is 79.9. The molecule has 0 atom stereocenters. The van der Waals surface area contributed by atoms with E-state index in [4.69, 9.17) is 0 Å². The highest BCUT2D eigenvalue weighted by Crippen LogP contribution is 2.15. The van der Waals surface area contributed by atoms with E-state index in [0.29, 0.717) is 0 Å². The molecule has 1 aromatic carbocycles. The van der Waals surface area contributed by atoms with E-state index < -0.39 is 10.0 Å². The van der Waals surface area contributed by atoms with Crippen LogP contribution in [-0.2, 0) is 10.0 Å². The summed E-state index contributed by atoms with van der Waals surface area (Å²) in [7, 11) is -3.36. The highest BCUT2D eigenvalue weighted by Gasteiger charge is 2.14. The van der Waals surface area contributed by atoms with Gasteiger partial charge in [0.15, 0.2) is 0 Å². The summed E-state index contributed by atoms with van der Waals surface area (Å²) in [6.07, 6.45) is 0. The molecule has 0 fully saturated rings. The highest BCUT2D eigenvalue weighted by molar-refractivity contribution is 9.10. The average Bonchev–Trinajstić information content (AvgIpc) is 2.01. The van der Waals surface area contributed by atoms with Crippen LogP contribution in [0.15, 0.2) is 33.6 Å². The minimum atomic E-state index is -3.36. The zero-order valence-corrected chi connectivity index (χ0v) is 10.4. The van der Waals surface area contributed by atoms with Crippen LogP contribution >= 0.6 is 15.9 Å². The summed E-state index contributed by atoms with van der Waals surface area (Å²) in [6, 6.07) is 6.52. The van der Waals surface area contributed by atoms with Crippen molar-refractivity contribution in [2.45, 2.75) is 24.8 Å². The van der Waals surface area contributed by atoms with Crippen molar-refractivity contribution < 1.29 is 8.42 Å². The summed E-state index contributed by atoms with van der Waals surface area (Å²) >= 11 is 3.23. The average molecular weight is 278 g/mol. The normalized spacial score (nSPS) is 12.0. The molecule has 0 heterocycles. The van der Waals surface area contributed by atoms with E-state index in [0.717, 1.165) is 4.47 Å². The molecular formula is C9H12BrNO2S. The first-order chi connectivity index (χ1) is 6.42. The monoisotopic (exact) mass is 277 g/mol. The molecule has 1 rings (SSSR count). The van der Waals surface area contributed by atoms with Crippen LogP contribution in [0.2, 0.25) is 0 Å². The van der Waals surface area contributed by atoms with Crippen molar-refractivity contribution in [3.8, 4) is 0 Å². The first-order valence-electron chi connectivity index (χ1n) is 4.20. The van der Waals surface area contributed by atoms with Crippen molar-refractivity contribution in [1.29, 1.82) is 0 Å². The molecule has 1 N–H and O–H groups in total. The summed E-state index contributed by atoms with van der Waals surface area (Å²) in [5.41, 5.74) is 0. The lowest BCUT2D eigenvalue weighted by Gasteiger charge is -2.09. The third kappa shape index (κ3) is 3.08. The number of hydrogen-bond donors (Lipinski definition) is 1. The maximum absolute atomic E-state index is 11.7. The van der Waals surface area contributed by atoms with E-state index in [2.05, 4.69) is 20.7 Å². The standard InChI is InChI=1S/C9H12BrNO2S/c1-7(2)11-14(12,13)9-5-3-4-8(10)6-9/h3-7,11H,1-2H3.